The van der Waals surface area contributed by atoms with Crippen LogP contribution in [0.1, 0.15) is 6.92 Å². The molecule has 0 atom stereocenters. The lowest BCUT2D eigenvalue weighted by molar-refractivity contribution is 0.385. The summed E-state index contributed by atoms with van der Waals surface area (Å²) in [5, 5.41) is 3.26. The van der Waals surface area contributed by atoms with Crippen molar-refractivity contribution in [1.82, 2.24) is 19.5 Å². The third kappa shape index (κ3) is 4.54. The predicted octanol–water partition coefficient (Wildman–Crippen LogP) is 3.56. The van der Waals surface area contributed by atoms with E-state index < -0.39 is 43.4 Å². The van der Waals surface area contributed by atoms with Crippen LogP contribution in [0, 0.1) is 11.6 Å². The number of sulfonamides is 1. The third-order valence-electron chi connectivity index (χ3n) is 5.16. The summed E-state index contributed by atoms with van der Waals surface area (Å²) >= 11 is 5.86. The van der Waals surface area contributed by atoms with Gasteiger partial charge in [-0.2, -0.15) is 4.98 Å². The molecule has 3 heterocycles. The number of hydrogen-bond donors (Lipinski definition) is 2. The zero-order chi connectivity index (χ0) is 26.2. The zero-order valence-corrected chi connectivity index (χ0v) is 20.7. The number of methoxy groups -OCH3 is 1. The van der Waals surface area contributed by atoms with E-state index in [9.17, 15) is 17.6 Å². The van der Waals surface area contributed by atoms with E-state index in [-0.39, 0.29) is 28.1 Å². The minimum atomic E-state index is -4.47. The molecule has 0 amide bonds. The SMILES string of the molecule is CCNc1ncc2cc(-c3c(F)ccc(NS(=O)(=O)c4cc(Cl)cnc4OC)c3F)c(=O)n(C)c2n1. The van der Waals surface area contributed by atoms with E-state index in [2.05, 4.69) is 20.3 Å². The molecule has 0 spiro atoms. The van der Waals surface area contributed by atoms with Crippen LogP contribution in [0.3, 0.4) is 0 Å². The van der Waals surface area contributed by atoms with E-state index in [1.54, 1.807) is 0 Å². The number of pyridine rings is 2. The summed E-state index contributed by atoms with van der Waals surface area (Å²) in [6.07, 6.45) is 2.58. The molecule has 1 aromatic carbocycles. The Kier molecular flexibility index (Phi) is 6.78. The predicted molar refractivity (Wildman–Crippen MR) is 131 cm³/mol. The summed E-state index contributed by atoms with van der Waals surface area (Å²) in [5.74, 6) is -2.37. The average Bonchev–Trinajstić information content (AvgIpc) is 2.84. The van der Waals surface area contributed by atoms with Crippen LogP contribution < -0.4 is 20.3 Å². The lowest BCUT2D eigenvalue weighted by Crippen LogP contribution is -2.21. The highest BCUT2D eigenvalue weighted by Crippen LogP contribution is 2.33. The number of anilines is 2. The van der Waals surface area contributed by atoms with Crippen LogP contribution in [0.25, 0.3) is 22.2 Å². The first-order valence-corrected chi connectivity index (χ1v) is 12.2. The number of rotatable bonds is 7. The summed E-state index contributed by atoms with van der Waals surface area (Å²) in [6, 6.07) is 4.06. The Balaban J connectivity index is 1.85. The monoisotopic (exact) mass is 536 g/mol. The standard InChI is InChI=1S/C22H19ClF2N6O4S/c1-4-26-22-28-9-11-7-13(21(32)31(2)19(11)29-22)17-14(24)5-6-15(18(17)25)30-36(33,34)16-8-12(23)10-27-20(16)35-3/h5-10,30H,4H2,1-3H3,(H,26,28,29). The van der Waals surface area contributed by atoms with Gasteiger partial charge >= 0.3 is 0 Å². The molecule has 4 rings (SSSR count). The number of halogens is 3. The number of nitrogens with zero attached hydrogens (tertiary/aromatic N) is 4. The molecular weight excluding hydrogens is 518 g/mol. The van der Waals surface area contributed by atoms with Gasteiger partial charge in [0.15, 0.2) is 10.7 Å². The number of aromatic nitrogens is 4. The second-order valence-electron chi connectivity index (χ2n) is 7.48. The number of benzene rings is 1. The summed E-state index contributed by atoms with van der Waals surface area (Å²) in [5.41, 5.74) is -2.17. The highest BCUT2D eigenvalue weighted by Gasteiger charge is 2.26. The van der Waals surface area contributed by atoms with E-state index in [1.807, 2.05) is 11.6 Å². The van der Waals surface area contributed by atoms with Crippen molar-refractivity contribution < 1.29 is 21.9 Å². The van der Waals surface area contributed by atoms with Crippen LogP contribution in [0.4, 0.5) is 20.4 Å². The van der Waals surface area contributed by atoms with Crippen LogP contribution in [-0.4, -0.2) is 41.6 Å². The van der Waals surface area contributed by atoms with Gasteiger partial charge < -0.3 is 10.1 Å². The van der Waals surface area contributed by atoms with Crippen LogP contribution in [0.15, 0.2) is 46.3 Å². The van der Waals surface area contributed by atoms with E-state index in [4.69, 9.17) is 16.3 Å². The fraction of sp³-hybridized carbons (Fsp3) is 0.182. The highest BCUT2D eigenvalue weighted by molar-refractivity contribution is 7.92. The number of ether oxygens (including phenoxy) is 1. The number of fused-ring (bicyclic) bond motifs is 1. The second kappa shape index (κ2) is 9.66. The van der Waals surface area contributed by atoms with E-state index in [0.29, 0.717) is 11.9 Å². The molecule has 3 aromatic heterocycles. The van der Waals surface area contributed by atoms with Gasteiger partial charge in [0, 0.05) is 31.4 Å². The van der Waals surface area contributed by atoms with Crippen LogP contribution in [-0.2, 0) is 17.1 Å². The smallest absolute Gasteiger partial charge is 0.267 e. The molecule has 14 heteroatoms. The van der Waals surface area contributed by atoms with Gasteiger partial charge in [-0.15, -0.1) is 0 Å². The van der Waals surface area contributed by atoms with Crippen molar-refractivity contribution in [3.05, 3.63) is 63.7 Å². The Hall–Kier alpha value is -3.84. The Morgan fingerprint density at radius 2 is 1.92 bits per heavy atom. The number of aryl methyl sites for hydroxylation is 1. The third-order valence-corrected chi connectivity index (χ3v) is 6.72. The summed E-state index contributed by atoms with van der Waals surface area (Å²) in [6.45, 7) is 2.40. The summed E-state index contributed by atoms with van der Waals surface area (Å²) in [4.78, 5) is 24.8. The van der Waals surface area contributed by atoms with Gasteiger partial charge in [0.1, 0.15) is 11.5 Å². The van der Waals surface area contributed by atoms with Gasteiger partial charge in [0.2, 0.25) is 11.8 Å². The van der Waals surface area contributed by atoms with Crippen molar-refractivity contribution in [3.63, 3.8) is 0 Å². The zero-order valence-electron chi connectivity index (χ0n) is 19.1. The molecule has 10 nitrogen and oxygen atoms in total. The number of hydrogen-bond acceptors (Lipinski definition) is 8. The first-order valence-electron chi connectivity index (χ1n) is 10.4. The van der Waals surface area contributed by atoms with Crippen molar-refractivity contribution in [3.8, 4) is 17.0 Å². The molecule has 0 aliphatic rings. The molecule has 0 aliphatic carbocycles. The Morgan fingerprint density at radius 3 is 2.61 bits per heavy atom. The first kappa shape index (κ1) is 25.3. The highest BCUT2D eigenvalue weighted by atomic mass is 35.5. The summed E-state index contributed by atoms with van der Waals surface area (Å²) < 4.78 is 64.5. The molecule has 36 heavy (non-hydrogen) atoms. The average molecular weight is 537 g/mol. The van der Waals surface area contributed by atoms with Gasteiger partial charge in [0.25, 0.3) is 15.6 Å². The van der Waals surface area contributed by atoms with E-state index >= 15 is 4.39 Å². The lowest BCUT2D eigenvalue weighted by atomic mass is 10.0. The molecule has 0 saturated heterocycles. The minimum absolute atomic E-state index is 0.00406. The van der Waals surface area contributed by atoms with Crippen molar-refractivity contribution in [2.45, 2.75) is 11.8 Å². The van der Waals surface area contributed by atoms with Gasteiger partial charge in [-0.3, -0.25) is 14.1 Å². The second-order valence-corrected chi connectivity index (χ2v) is 9.56. The van der Waals surface area contributed by atoms with Crippen molar-refractivity contribution >= 4 is 44.3 Å². The Morgan fingerprint density at radius 1 is 1.17 bits per heavy atom. The normalized spacial score (nSPS) is 11.5. The van der Waals surface area contributed by atoms with E-state index in [0.717, 1.165) is 22.8 Å². The Bertz CT molecular complexity index is 1660. The lowest BCUT2D eigenvalue weighted by Gasteiger charge is -2.15. The number of nitrogens with one attached hydrogen (secondary N) is 2. The van der Waals surface area contributed by atoms with E-state index in [1.165, 1.54) is 32.6 Å². The molecule has 0 radical (unpaired) electrons. The molecule has 0 fully saturated rings. The molecule has 0 saturated carbocycles. The molecule has 0 aliphatic heterocycles. The molecule has 2 N–H and O–H groups in total. The maximum Gasteiger partial charge on any atom is 0.267 e. The van der Waals surface area contributed by atoms with Gasteiger partial charge in [-0.1, -0.05) is 11.6 Å². The van der Waals surface area contributed by atoms with Crippen molar-refractivity contribution in [1.29, 1.82) is 0 Å². The molecular formula is C22H19ClF2N6O4S. The van der Waals surface area contributed by atoms with Crippen LogP contribution in [0.5, 0.6) is 5.88 Å². The molecule has 0 bridgehead atoms. The quantitative estimate of drug-likeness (QED) is 0.367. The largest absolute Gasteiger partial charge is 0.480 e. The first-order chi connectivity index (χ1) is 17.1. The maximum atomic E-state index is 15.6. The van der Waals surface area contributed by atoms with Gasteiger partial charge in [0.05, 0.1) is 28.9 Å². The van der Waals surface area contributed by atoms with Gasteiger partial charge in [-0.25, -0.2) is 27.2 Å². The van der Waals surface area contributed by atoms with Gasteiger partial charge in [-0.05, 0) is 31.2 Å². The molecule has 188 valence electrons. The Labute approximate surface area is 209 Å². The summed E-state index contributed by atoms with van der Waals surface area (Å²) in [7, 11) is -1.87. The molecule has 4 aromatic rings. The van der Waals surface area contributed by atoms with Crippen LogP contribution in [0.2, 0.25) is 5.02 Å². The van der Waals surface area contributed by atoms with Crippen molar-refractivity contribution in [2.75, 3.05) is 23.7 Å². The fourth-order valence-corrected chi connectivity index (χ4v) is 4.93. The topological polar surface area (TPSA) is 128 Å². The minimum Gasteiger partial charge on any atom is -0.480 e. The van der Waals surface area contributed by atoms with Crippen LogP contribution >= 0.6 is 11.6 Å². The maximum absolute atomic E-state index is 15.6. The molecule has 0 unspecified atom stereocenters. The van der Waals surface area contributed by atoms with Crippen molar-refractivity contribution in [2.24, 2.45) is 7.05 Å². The fourth-order valence-electron chi connectivity index (χ4n) is 3.50.